The molecule has 2 N–H and O–H groups in total. The third kappa shape index (κ3) is 4.39. The van der Waals surface area contributed by atoms with E-state index in [2.05, 4.69) is 54.8 Å². The molecule has 1 aliphatic heterocycles. The summed E-state index contributed by atoms with van der Waals surface area (Å²) in [5, 5.41) is 6.94. The number of nitrogens with one attached hydrogen (secondary N) is 2. The van der Waals surface area contributed by atoms with E-state index in [9.17, 15) is 0 Å². The van der Waals surface area contributed by atoms with Gasteiger partial charge in [0.25, 0.3) is 0 Å². The highest BCUT2D eigenvalue weighted by molar-refractivity contribution is 5.59. The van der Waals surface area contributed by atoms with Crippen LogP contribution in [-0.4, -0.2) is 51.3 Å². The van der Waals surface area contributed by atoms with E-state index in [1.807, 2.05) is 0 Å². The van der Waals surface area contributed by atoms with E-state index in [4.69, 9.17) is 4.74 Å². The van der Waals surface area contributed by atoms with Gasteiger partial charge >= 0.3 is 0 Å². The van der Waals surface area contributed by atoms with Crippen molar-refractivity contribution in [3.63, 3.8) is 0 Å². The Morgan fingerprint density at radius 3 is 2.95 bits per heavy atom. The summed E-state index contributed by atoms with van der Waals surface area (Å²) in [6.45, 7) is 6.21. The Balaban J connectivity index is 1.79. The third-order valence-corrected chi connectivity index (χ3v) is 3.64. The first-order valence-corrected chi connectivity index (χ1v) is 7.58. The number of hydrogen-bond donors (Lipinski definition) is 2. The van der Waals surface area contributed by atoms with E-state index < -0.39 is 0 Å². The second-order valence-electron chi connectivity index (χ2n) is 5.66. The van der Waals surface area contributed by atoms with Crippen molar-refractivity contribution in [1.82, 2.24) is 10.2 Å². The van der Waals surface area contributed by atoms with Gasteiger partial charge in [0, 0.05) is 13.1 Å². The Kier molecular flexibility index (Phi) is 5.68. The van der Waals surface area contributed by atoms with Crippen molar-refractivity contribution in [3.8, 4) is 5.75 Å². The van der Waals surface area contributed by atoms with Crippen molar-refractivity contribution in [3.05, 3.63) is 23.8 Å². The van der Waals surface area contributed by atoms with Crippen LogP contribution in [0.1, 0.15) is 18.9 Å². The zero-order valence-corrected chi connectivity index (χ0v) is 12.9. The van der Waals surface area contributed by atoms with Gasteiger partial charge in [-0.05, 0) is 51.2 Å². The molecule has 0 aliphatic carbocycles. The highest BCUT2D eigenvalue weighted by Gasteiger charge is 2.17. The van der Waals surface area contributed by atoms with Gasteiger partial charge in [0.05, 0.1) is 12.2 Å². The van der Waals surface area contributed by atoms with Crippen LogP contribution in [0.15, 0.2) is 18.2 Å². The number of ether oxygens (including phenoxy) is 1. The number of rotatable bonds is 7. The second kappa shape index (κ2) is 7.50. The Labute approximate surface area is 122 Å². The van der Waals surface area contributed by atoms with Crippen LogP contribution in [0.4, 0.5) is 5.69 Å². The molecule has 4 nitrogen and oxygen atoms in total. The van der Waals surface area contributed by atoms with Crippen LogP contribution in [-0.2, 0) is 6.42 Å². The molecule has 2 rings (SSSR count). The number of nitrogens with zero attached hydrogens (tertiary/aromatic N) is 1. The smallest absolute Gasteiger partial charge is 0.142 e. The zero-order chi connectivity index (χ0) is 14.4. The minimum atomic E-state index is 0.307. The van der Waals surface area contributed by atoms with E-state index in [0.29, 0.717) is 6.10 Å². The maximum atomic E-state index is 5.92. The fraction of sp³-hybridized carbons (Fsp3) is 0.625. The molecule has 112 valence electrons. The normalized spacial score (nSPS) is 17.5. The summed E-state index contributed by atoms with van der Waals surface area (Å²) < 4.78 is 5.92. The van der Waals surface area contributed by atoms with Gasteiger partial charge in [0.15, 0.2) is 0 Å². The van der Waals surface area contributed by atoms with Crippen LogP contribution >= 0.6 is 0 Å². The minimum Gasteiger partial charge on any atom is -0.486 e. The fourth-order valence-electron chi connectivity index (χ4n) is 2.31. The lowest BCUT2D eigenvalue weighted by molar-refractivity contribution is 0.202. The second-order valence-corrected chi connectivity index (χ2v) is 5.66. The largest absolute Gasteiger partial charge is 0.486 e. The summed E-state index contributed by atoms with van der Waals surface area (Å²) in [6.07, 6.45) is 2.41. The molecule has 1 aromatic rings. The number of fused-ring (bicyclic) bond motifs is 1. The number of likely N-dealkylation sites (N-methyl/N-ethyl adjacent to an activating group) is 1. The van der Waals surface area contributed by atoms with Gasteiger partial charge in [-0.25, -0.2) is 0 Å². The number of anilines is 1. The van der Waals surface area contributed by atoms with E-state index >= 15 is 0 Å². The molecular formula is C16H27N3O. The van der Waals surface area contributed by atoms with Gasteiger partial charge in [-0.1, -0.05) is 13.0 Å². The average Bonchev–Trinajstić information content (AvgIpc) is 2.46. The molecule has 4 heteroatoms. The summed E-state index contributed by atoms with van der Waals surface area (Å²) >= 11 is 0. The van der Waals surface area contributed by atoms with Gasteiger partial charge < -0.3 is 20.3 Å². The van der Waals surface area contributed by atoms with Crippen LogP contribution < -0.4 is 15.4 Å². The molecule has 0 amide bonds. The Morgan fingerprint density at radius 2 is 2.20 bits per heavy atom. The monoisotopic (exact) mass is 277 g/mol. The molecule has 0 fully saturated rings. The van der Waals surface area contributed by atoms with Crippen LogP contribution in [0.25, 0.3) is 0 Å². The molecule has 0 saturated heterocycles. The molecule has 1 unspecified atom stereocenters. The molecule has 0 aromatic heterocycles. The van der Waals surface area contributed by atoms with Crippen molar-refractivity contribution in [1.29, 1.82) is 0 Å². The molecule has 1 atom stereocenters. The van der Waals surface area contributed by atoms with Crippen molar-refractivity contribution in [2.75, 3.05) is 45.6 Å². The molecule has 0 spiro atoms. The van der Waals surface area contributed by atoms with Crippen LogP contribution in [0.5, 0.6) is 5.75 Å². The Morgan fingerprint density at radius 1 is 1.35 bits per heavy atom. The van der Waals surface area contributed by atoms with E-state index in [-0.39, 0.29) is 0 Å². The first kappa shape index (κ1) is 15.1. The maximum Gasteiger partial charge on any atom is 0.142 e. The predicted octanol–water partition coefficient (Wildman–Crippen LogP) is 1.96. The van der Waals surface area contributed by atoms with Gasteiger partial charge in [-0.3, -0.25) is 0 Å². The van der Waals surface area contributed by atoms with E-state index in [1.54, 1.807) is 0 Å². The van der Waals surface area contributed by atoms with Crippen LogP contribution in [0.3, 0.4) is 0 Å². The summed E-state index contributed by atoms with van der Waals surface area (Å²) in [6, 6.07) is 6.49. The lowest BCUT2D eigenvalue weighted by atomic mass is 10.1. The van der Waals surface area contributed by atoms with Gasteiger partial charge in [-0.2, -0.15) is 0 Å². The standard InChI is InChI=1S/C16H27N3O/c1-4-14-12-18-15-11-13(5-6-16(15)20-14)7-8-17-9-10-19(2)3/h5-6,11,14,17-18H,4,7-10,12H2,1-3H3. The minimum absolute atomic E-state index is 0.307. The first-order chi connectivity index (χ1) is 9.69. The average molecular weight is 277 g/mol. The van der Waals surface area contributed by atoms with Gasteiger partial charge in [0.1, 0.15) is 11.9 Å². The highest BCUT2D eigenvalue weighted by Crippen LogP contribution is 2.30. The third-order valence-electron chi connectivity index (χ3n) is 3.64. The maximum absolute atomic E-state index is 5.92. The molecule has 1 aliphatic rings. The summed E-state index contributed by atoms with van der Waals surface area (Å²) in [5.41, 5.74) is 2.49. The highest BCUT2D eigenvalue weighted by atomic mass is 16.5. The molecule has 0 bridgehead atoms. The predicted molar refractivity (Wildman–Crippen MR) is 84.8 cm³/mol. The quantitative estimate of drug-likeness (QED) is 0.747. The summed E-state index contributed by atoms with van der Waals surface area (Å²) in [7, 11) is 4.20. The zero-order valence-electron chi connectivity index (χ0n) is 12.9. The molecule has 20 heavy (non-hydrogen) atoms. The fourth-order valence-corrected chi connectivity index (χ4v) is 2.31. The van der Waals surface area contributed by atoms with E-state index in [1.165, 1.54) is 5.56 Å². The molecule has 0 saturated carbocycles. The number of benzene rings is 1. The lowest BCUT2D eigenvalue weighted by Gasteiger charge is -2.27. The lowest BCUT2D eigenvalue weighted by Crippen LogP contribution is -2.30. The van der Waals surface area contributed by atoms with Crippen molar-refractivity contribution >= 4 is 5.69 Å². The molecular weight excluding hydrogens is 250 g/mol. The van der Waals surface area contributed by atoms with E-state index in [0.717, 1.165) is 50.5 Å². The van der Waals surface area contributed by atoms with Crippen LogP contribution in [0.2, 0.25) is 0 Å². The molecule has 0 radical (unpaired) electrons. The van der Waals surface area contributed by atoms with Gasteiger partial charge in [-0.15, -0.1) is 0 Å². The summed E-state index contributed by atoms with van der Waals surface area (Å²) in [4.78, 5) is 2.19. The SMILES string of the molecule is CCC1CNc2cc(CCNCCN(C)C)ccc2O1. The topological polar surface area (TPSA) is 36.5 Å². The Hall–Kier alpha value is -1.26. The van der Waals surface area contributed by atoms with Crippen molar-refractivity contribution in [2.45, 2.75) is 25.9 Å². The first-order valence-electron chi connectivity index (χ1n) is 7.58. The molecule has 1 aromatic carbocycles. The Bertz CT molecular complexity index is 420. The van der Waals surface area contributed by atoms with Crippen molar-refractivity contribution < 1.29 is 4.74 Å². The van der Waals surface area contributed by atoms with Crippen LogP contribution in [0, 0.1) is 0 Å². The van der Waals surface area contributed by atoms with Gasteiger partial charge in [0.2, 0.25) is 0 Å². The number of hydrogen-bond acceptors (Lipinski definition) is 4. The summed E-state index contributed by atoms with van der Waals surface area (Å²) in [5.74, 6) is 0.993. The molecule has 1 heterocycles. The van der Waals surface area contributed by atoms with Crippen molar-refractivity contribution in [2.24, 2.45) is 0 Å².